The van der Waals surface area contributed by atoms with Crippen molar-refractivity contribution in [1.29, 1.82) is 0 Å². The summed E-state index contributed by atoms with van der Waals surface area (Å²) in [5.74, 6) is 0.682. The molecule has 1 fully saturated rings. The number of aliphatic hydroxyl groups is 1. The lowest BCUT2D eigenvalue weighted by molar-refractivity contribution is -0.0182. The van der Waals surface area contributed by atoms with Crippen molar-refractivity contribution in [1.82, 2.24) is 4.90 Å². The van der Waals surface area contributed by atoms with Gasteiger partial charge in [-0.05, 0) is 24.6 Å². The van der Waals surface area contributed by atoms with E-state index in [0.717, 1.165) is 0 Å². The smallest absolute Gasteiger partial charge is 0.254 e. The minimum atomic E-state index is -0.346. The quantitative estimate of drug-likeness (QED) is 0.887. The average Bonchev–Trinajstić information content (AvgIpc) is 2.41. The van der Waals surface area contributed by atoms with Gasteiger partial charge >= 0.3 is 0 Å². The minimum absolute atomic E-state index is 0.00104. The Kier molecular flexibility index (Phi) is 3.80. The van der Waals surface area contributed by atoms with Crippen LogP contribution in [0.5, 0.6) is 5.75 Å². The number of rotatable bonds is 2. The first kappa shape index (κ1) is 13.9. The molecular weight excluding hydrogens is 242 g/mol. The number of aliphatic hydroxyl groups excluding tert-OH is 1. The van der Waals surface area contributed by atoms with Crippen LogP contribution in [-0.4, -0.2) is 42.2 Å². The zero-order valence-electron chi connectivity index (χ0n) is 11.7. The molecule has 0 radical (unpaired) electrons. The third kappa shape index (κ3) is 2.89. The van der Waals surface area contributed by atoms with Gasteiger partial charge < -0.3 is 14.7 Å². The summed E-state index contributed by atoms with van der Waals surface area (Å²) in [6.45, 7) is 5.15. The Bertz CT molecular complexity index is 470. The first-order valence-corrected chi connectivity index (χ1v) is 6.55. The fourth-order valence-corrected chi connectivity index (χ4v) is 2.46. The van der Waals surface area contributed by atoms with Crippen LogP contribution in [0.25, 0.3) is 0 Å². The predicted molar refractivity (Wildman–Crippen MR) is 73.3 cm³/mol. The van der Waals surface area contributed by atoms with Gasteiger partial charge in [-0.3, -0.25) is 4.79 Å². The molecule has 1 unspecified atom stereocenters. The molecule has 1 amide bonds. The van der Waals surface area contributed by atoms with E-state index < -0.39 is 0 Å². The molecular formula is C15H21NO3. The number of amides is 1. The van der Waals surface area contributed by atoms with E-state index >= 15 is 0 Å². The molecule has 0 bridgehead atoms. The first-order valence-electron chi connectivity index (χ1n) is 6.55. The van der Waals surface area contributed by atoms with Crippen LogP contribution in [0.15, 0.2) is 24.3 Å². The third-order valence-corrected chi connectivity index (χ3v) is 3.78. The van der Waals surface area contributed by atoms with Crippen molar-refractivity contribution in [2.45, 2.75) is 26.4 Å². The van der Waals surface area contributed by atoms with Crippen LogP contribution in [0, 0.1) is 5.41 Å². The summed E-state index contributed by atoms with van der Waals surface area (Å²) in [7, 11) is 1.59. The van der Waals surface area contributed by atoms with Crippen LogP contribution in [0.3, 0.4) is 0 Å². The topological polar surface area (TPSA) is 49.8 Å². The molecule has 104 valence electrons. The summed E-state index contributed by atoms with van der Waals surface area (Å²) >= 11 is 0. The van der Waals surface area contributed by atoms with E-state index in [1.807, 2.05) is 30.9 Å². The van der Waals surface area contributed by atoms with Gasteiger partial charge in [0.2, 0.25) is 0 Å². The zero-order valence-corrected chi connectivity index (χ0v) is 11.7. The Hall–Kier alpha value is -1.55. The second-order valence-electron chi connectivity index (χ2n) is 5.75. The molecule has 2 rings (SSSR count). The van der Waals surface area contributed by atoms with E-state index in [1.165, 1.54) is 0 Å². The summed E-state index contributed by atoms with van der Waals surface area (Å²) in [6.07, 6.45) is 0.282. The summed E-state index contributed by atoms with van der Waals surface area (Å²) in [4.78, 5) is 14.3. The fourth-order valence-electron chi connectivity index (χ4n) is 2.46. The van der Waals surface area contributed by atoms with Crippen LogP contribution in [0.4, 0.5) is 0 Å². The van der Waals surface area contributed by atoms with Gasteiger partial charge in [-0.2, -0.15) is 0 Å². The Morgan fingerprint density at radius 1 is 1.47 bits per heavy atom. The number of hydrogen-bond donors (Lipinski definition) is 1. The maximum absolute atomic E-state index is 12.5. The molecule has 0 spiro atoms. The number of piperidine rings is 1. The molecule has 4 nitrogen and oxygen atoms in total. The van der Waals surface area contributed by atoms with E-state index in [1.54, 1.807) is 19.2 Å². The van der Waals surface area contributed by atoms with Crippen molar-refractivity contribution in [2.24, 2.45) is 5.41 Å². The van der Waals surface area contributed by atoms with Crippen molar-refractivity contribution >= 4 is 5.91 Å². The second kappa shape index (κ2) is 5.21. The number of carbonyl (C=O) groups excluding carboxylic acids is 1. The summed E-state index contributed by atoms with van der Waals surface area (Å²) in [5, 5.41) is 9.93. The fraction of sp³-hybridized carbons (Fsp3) is 0.533. The molecule has 1 aliphatic rings. The molecule has 1 N–H and O–H groups in total. The molecule has 0 aromatic heterocycles. The number of ether oxygens (including phenoxy) is 1. The number of methoxy groups -OCH3 is 1. The molecule has 1 aliphatic heterocycles. The number of nitrogens with zero attached hydrogens (tertiary/aromatic N) is 1. The molecule has 1 atom stereocenters. The molecule has 1 heterocycles. The molecule has 19 heavy (non-hydrogen) atoms. The van der Waals surface area contributed by atoms with E-state index in [-0.39, 0.29) is 17.4 Å². The molecule has 4 heteroatoms. The van der Waals surface area contributed by atoms with E-state index in [9.17, 15) is 9.90 Å². The monoisotopic (exact) mass is 263 g/mol. The minimum Gasteiger partial charge on any atom is -0.497 e. The highest BCUT2D eigenvalue weighted by atomic mass is 16.5. The Balaban J connectivity index is 2.15. The highest BCUT2D eigenvalue weighted by Crippen LogP contribution is 2.30. The van der Waals surface area contributed by atoms with Crippen molar-refractivity contribution in [2.75, 3.05) is 20.2 Å². The van der Waals surface area contributed by atoms with E-state index in [2.05, 4.69) is 0 Å². The maximum Gasteiger partial charge on any atom is 0.254 e. The second-order valence-corrected chi connectivity index (χ2v) is 5.75. The Morgan fingerprint density at radius 3 is 2.84 bits per heavy atom. The Morgan fingerprint density at radius 2 is 2.21 bits per heavy atom. The maximum atomic E-state index is 12.5. The van der Waals surface area contributed by atoms with Gasteiger partial charge in [0.1, 0.15) is 5.75 Å². The lowest BCUT2D eigenvalue weighted by Crippen LogP contribution is -2.50. The standard InChI is InChI=1S/C15H21NO3/c1-15(2)10-16(8-7-13(15)17)14(18)11-5-4-6-12(9-11)19-3/h4-6,9,13,17H,7-8,10H2,1-3H3. The van der Waals surface area contributed by atoms with Gasteiger partial charge in [-0.1, -0.05) is 19.9 Å². The lowest BCUT2D eigenvalue weighted by atomic mass is 9.81. The summed E-state index contributed by atoms with van der Waals surface area (Å²) < 4.78 is 5.14. The molecule has 0 aliphatic carbocycles. The van der Waals surface area contributed by atoms with Gasteiger partial charge in [0.15, 0.2) is 0 Å². The highest BCUT2D eigenvalue weighted by molar-refractivity contribution is 5.94. The molecule has 1 saturated heterocycles. The Labute approximate surface area is 114 Å². The molecule has 1 aromatic carbocycles. The number of benzene rings is 1. The largest absolute Gasteiger partial charge is 0.497 e. The lowest BCUT2D eigenvalue weighted by Gasteiger charge is -2.41. The van der Waals surface area contributed by atoms with Crippen molar-refractivity contribution in [3.8, 4) is 5.75 Å². The van der Waals surface area contributed by atoms with Gasteiger partial charge in [-0.25, -0.2) is 0 Å². The number of likely N-dealkylation sites (tertiary alicyclic amines) is 1. The first-order chi connectivity index (χ1) is 8.94. The van der Waals surface area contributed by atoms with Crippen LogP contribution in [-0.2, 0) is 0 Å². The number of carbonyl (C=O) groups is 1. The van der Waals surface area contributed by atoms with Gasteiger partial charge in [0, 0.05) is 24.1 Å². The summed E-state index contributed by atoms with van der Waals surface area (Å²) in [5.41, 5.74) is 0.374. The highest BCUT2D eigenvalue weighted by Gasteiger charge is 2.36. The van der Waals surface area contributed by atoms with Gasteiger partial charge in [0.05, 0.1) is 13.2 Å². The summed E-state index contributed by atoms with van der Waals surface area (Å²) in [6, 6.07) is 7.18. The molecule has 1 aromatic rings. The SMILES string of the molecule is COc1cccc(C(=O)N2CCC(O)C(C)(C)C2)c1. The van der Waals surface area contributed by atoms with Crippen molar-refractivity contribution < 1.29 is 14.6 Å². The van der Waals surface area contributed by atoms with E-state index in [0.29, 0.717) is 30.8 Å². The average molecular weight is 263 g/mol. The van der Waals surface area contributed by atoms with Gasteiger partial charge in [0.25, 0.3) is 5.91 Å². The number of hydrogen-bond acceptors (Lipinski definition) is 3. The van der Waals surface area contributed by atoms with Crippen LogP contribution >= 0.6 is 0 Å². The van der Waals surface area contributed by atoms with Crippen LogP contribution in [0.1, 0.15) is 30.6 Å². The predicted octanol–water partition coefficient (Wildman–Crippen LogP) is 1.93. The van der Waals surface area contributed by atoms with Crippen molar-refractivity contribution in [3.63, 3.8) is 0 Å². The van der Waals surface area contributed by atoms with Crippen LogP contribution in [0.2, 0.25) is 0 Å². The van der Waals surface area contributed by atoms with E-state index in [4.69, 9.17) is 4.74 Å². The van der Waals surface area contributed by atoms with Gasteiger partial charge in [-0.15, -0.1) is 0 Å². The van der Waals surface area contributed by atoms with Crippen LogP contribution < -0.4 is 4.74 Å². The van der Waals surface area contributed by atoms with Crippen molar-refractivity contribution in [3.05, 3.63) is 29.8 Å². The molecule has 0 saturated carbocycles. The normalized spacial score (nSPS) is 22.1. The third-order valence-electron chi connectivity index (χ3n) is 3.78. The zero-order chi connectivity index (χ0) is 14.0.